The van der Waals surface area contributed by atoms with Crippen molar-refractivity contribution in [1.29, 1.82) is 0 Å². The molecule has 0 aliphatic carbocycles. The molecule has 0 amide bonds. The smallest absolute Gasteiger partial charge is 0.362 e. The minimum atomic E-state index is -0.424. The first-order valence-corrected chi connectivity index (χ1v) is 5.20. The minimum Gasteiger partial charge on any atom is -0.467 e. The maximum Gasteiger partial charge on any atom is 0.362 e. The van der Waals surface area contributed by atoms with Gasteiger partial charge in [0.05, 0.1) is 14.2 Å². The Morgan fingerprint density at radius 3 is 1.82 bits per heavy atom. The Morgan fingerprint density at radius 2 is 1.41 bits per heavy atom. The Bertz CT molecular complexity index is 348. The Kier molecular flexibility index (Phi) is 4.45. The van der Waals surface area contributed by atoms with Gasteiger partial charge in [-0.3, -0.25) is 4.89 Å². The number of methoxy groups -OCH3 is 2. The van der Waals surface area contributed by atoms with Crippen molar-refractivity contribution >= 4 is 0 Å². The summed E-state index contributed by atoms with van der Waals surface area (Å²) in [6.45, 7) is 5.77. The van der Waals surface area contributed by atoms with E-state index in [0.29, 0.717) is 0 Å². The monoisotopic (exact) mass is 243 g/mol. The Labute approximate surface area is 100 Å². The molecule has 0 saturated carbocycles. The van der Waals surface area contributed by atoms with Crippen LogP contribution in [0.4, 0.5) is 0 Å². The van der Waals surface area contributed by atoms with Crippen LogP contribution in [-0.2, 0) is 4.89 Å². The number of hydrogen-bond acceptors (Lipinski definition) is 7. The van der Waals surface area contributed by atoms with Crippen LogP contribution < -0.4 is 14.4 Å². The molecule has 0 N–H and O–H groups in total. The summed E-state index contributed by atoms with van der Waals surface area (Å²) in [5.41, 5.74) is -0.424. The number of ether oxygens (including phenoxy) is 2. The maximum atomic E-state index is 5.20. The molecule has 96 valence electrons. The summed E-state index contributed by atoms with van der Waals surface area (Å²) in [7, 11) is 2.88. The fourth-order valence-corrected chi connectivity index (χ4v) is 0.749. The molecule has 17 heavy (non-hydrogen) atoms. The van der Waals surface area contributed by atoms with E-state index in [1.807, 2.05) is 20.8 Å². The predicted octanol–water partition coefficient (Wildman–Crippen LogP) is 1.39. The van der Waals surface area contributed by atoms with E-state index in [0.717, 1.165) is 6.42 Å². The van der Waals surface area contributed by atoms with E-state index in [1.165, 1.54) is 14.2 Å². The highest BCUT2D eigenvalue weighted by molar-refractivity contribution is 5.08. The second kappa shape index (κ2) is 5.62. The zero-order valence-electron chi connectivity index (χ0n) is 10.7. The summed E-state index contributed by atoms with van der Waals surface area (Å²) in [6.07, 6.45) is 0.784. The van der Waals surface area contributed by atoms with Crippen LogP contribution in [0.15, 0.2) is 0 Å². The summed E-state index contributed by atoms with van der Waals surface area (Å²) < 4.78 is 9.76. The van der Waals surface area contributed by atoms with Crippen molar-refractivity contribution in [2.75, 3.05) is 14.2 Å². The van der Waals surface area contributed by atoms with Crippen molar-refractivity contribution in [1.82, 2.24) is 15.0 Å². The highest BCUT2D eigenvalue weighted by Crippen LogP contribution is 2.18. The van der Waals surface area contributed by atoms with Gasteiger partial charge in [0.25, 0.3) is 0 Å². The van der Waals surface area contributed by atoms with Crippen molar-refractivity contribution in [2.45, 2.75) is 32.8 Å². The number of rotatable bonds is 6. The van der Waals surface area contributed by atoms with Gasteiger partial charge in [0.1, 0.15) is 5.60 Å². The molecule has 1 rings (SSSR count). The van der Waals surface area contributed by atoms with Crippen LogP contribution in [0, 0.1) is 0 Å². The maximum absolute atomic E-state index is 5.20. The van der Waals surface area contributed by atoms with Gasteiger partial charge in [0, 0.05) is 0 Å². The lowest BCUT2D eigenvalue weighted by atomic mass is 10.1. The van der Waals surface area contributed by atoms with Gasteiger partial charge in [-0.25, -0.2) is 0 Å². The van der Waals surface area contributed by atoms with E-state index >= 15 is 0 Å². The molecular weight excluding hydrogens is 226 g/mol. The Balaban J connectivity index is 2.76. The SMILES string of the molecule is CCC(C)(C)OOc1nc(OC)nc(OC)n1. The largest absolute Gasteiger partial charge is 0.467 e. The molecule has 0 atom stereocenters. The molecule has 1 heterocycles. The molecule has 0 fully saturated rings. The van der Waals surface area contributed by atoms with Gasteiger partial charge in [-0.1, -0.05) is 6.92 Å². The van der Waals surface area contributed by atoms with Gasteiger partial charge >= 0.3 is 18.0 Å². The Hall–Kier alpha value is -1.63. The first-order chi connectivity index (χ1) is 8.00. The van der Waals surface area contributed by atoms with Crippen LogP contribution in [0.25, 0.3) is 0 Å². The normalized spacial score (nSPS) is 11.1. The lowest BCUT2D eigenvalue weighted by molar-refractivity contribution is -0.286. The lowest BCUT2D eigenvalue weighted by Crippen LogP contribution is -2.25. The molecule has 0 saturated heterocycles. The van der Waals surface area contributed by atoms with Crippen molar-refractivity contribution in [3.05, 3.63) is 0 Å². The quantitative estimate of drug-likeness (QED) is 0.552. The molecule has 0 bridgehead atoms. The lowest BCUT2D eigenvalue weighted by Gasteiger charge is -2.20. The van der Waals surface area contributed by atoms with Crippen molar-refractivity contribution in [3.63, 3.8) is 0 Å². The summed E-state index contributed by atoms with van der Waals surface area (Å²) in [4.78, 5) is 21.8. The second-order valence-corrected chi connectivity index (χ2v) is 3.87. The molecular formula is C10H17N3O4. The molecule has 0 aromatic carbocycles. The number of aromatic nitrogens is 3. The van der Waals surface area contributed by atoms with Gasteiger partial charge < -0.3 is 9.47 Å². The van der Waals surface area contributed by atoms with Crippen LogP contribution in [-0.4, -0.2) is 34.8 Å². The molecule has 1 aromatic heterocycles. The van der Waals surface area contributed by atoms with E-state index < -0.39 is 5.60 Å². The minimum absolute atomic E-state index is 0.00442. The van der Waals surface area contributed by atoms with E-state index in [-0.39, 0.29) is 18.0 Å². The van der Waals surface area contributed by atoms with Crippen molar-refractivity contribution < 1.29 is 19.2 Å². The van der Waals surface area contributed by atoms with E-state index in [2.05, 4.69) is 15.0 Å². The molecule has 0 aliphatic heterocycles. The first kappa shape index (κ1) is 13.4. The standard InChI is InChI=1S/C10H17N3O4/c1-6-10(2,3)17-16-9-12-7(14-4)11-8(13-9)15-5/h6H2,1-5H3. The third-order valence-corrected chi connectivity index (χ3v) is 2.13. The van der Waals surface area contributed by atoms with Gasteiger partial charge in [-0.2, -0.15) is 4.89 Å². The zero-order valence-corrected chi connectivity index (χ0v) is 10.7. The Morgan fingerprint density at radius 1 is 0.941 bits per heavy atom. The van der Waals surface area contributed by atoms with Gasteiger partial charge in [0.15, 0.2) is 0 Å². The molecule has 0 aliphatic rings. The zero-order chi connectivity index (χ0) is 12.9. The third kappa shape index (κ3) is 4.03. The number of hydrogen-bond donors (Lipinski definition) is 0. The van der Waals surface area contributed by atoms with Crippen LogP contribution in [0.3, 0.4) is 0 Å². The topological polar surface area (TPSA) is 75.6 Å². The highest BCUT2D eigenvalue weighted by atomic mass is 17.2. The average molecular weight is 243 g/mol. The van der Waals surface area contributed by atoms with E-state index in [1.54, 1.807) is 0 Å². The molecule has 0 radical (unpaired) electrons. The van der Waals surface area contributed by atoms with Crippen LogP contribution in [0.5, 0.6) is 18.0 Å². The van der Waals surface area contributed by atoms with Crippen LogP contribution in [0.2, 0.25) is 0 Å². The molecule has 7 heteroatoms. The fourth-order valence-electron chi connectivity index (χ4n) is 0.749. The van der Waals surface area contributed by atoms with Crippen LogP contribution >= 0.6 is 0 Å². The van der Waals surface area contributed by atoms with E-state index in [9.17, 15) is 0 Å². The van der Waals surface area contributed by atoms with E-state index in [4.69, 9.17) is 19.2 Å². The highest BCUT2D eigenvalue weighted by Gasteiger charge is 2.19. The molecule has 0 spiro atoms. The molecule has 7 nitrogen and oxygen atoms in total. The van der Waals surface area contributed by atoms with Crippen LogP contribution in [0.1, 0.15) is 27.2 Å². The average Bonchev–Trinajstić information content (AvgIpc) is 2.36. The second-order valence-electron chi connectivity index (χ2n) is 3.87. The fraction of sp³-hybridized carbons (Fsp3) is 0.700. The summed E-state index contributed by atoms with van der Waals surface area (Å²) in [5, 5.41) is 0. The van der Waals surface area contributed by atoms with Gasteiger partial charge in [0.2, 0.25) is 0 Å². The summed E-state index contributed by atoms with van der Waals surface area (Å²) >= 11 is 0. The van der Waals surface area contributed by atoms with Crippen molar-refractivity contribution in [3.8, 4) is 18.0 Å². The molecule has 1 aromatic rings. The molecule has 0 unspecified atom stereocenters. The van der Waals surface area contributed by atoms with Gasteiger partial charge in [-0.05, 0) is 20.3 Å². The summed E-state index contributed by atoms with van der Waals surface area (Å²) in [5.74, 6) is 0. The number of nitrogens with zero attached hydrogens (tertiary/aromatic N) is 3. The van der Waals surface area contributed by atoms with Crippen molar-refractivity contribution in [2.24, 2.45) is 0 Å². The summed E-state index contributed by atoms with van der Waals surface area (Å²) in [6, 6.07) is 0.199. The predicted molar refractivity (Wildman–Crippen MR) is 59.0 cm³/mol. The van der Waals surface area contributed by atoms with Gasteiger partial charge in [-0.15, -0.1) is 15.0 Å². The third-order valence-electron chi connectivity index (χ3n) is 2.13. The first-order valence-electron chi connectivity index (χ1n) is 5.20.